The van der Waals surface area contributed by atoms with Gasteiger partial charge in [-0.1, -0.05) is 17.7 Å². The van der Waals surface area contributed by atoms with Crippen LogP contribution >= 0.6 is 11.6 Å². The average molecular weight is 446 g/mol. The van der Waals surface area contributed by atoms with Gasteiger partial charge in [-0.05, 0) is 55.2 Å². The lowest BCUT2D eigenvalue weighted by molar-refractivity contribution is -0.0588. The van der Waals surface area contributed by atoms with E-state index in [1.54, 1.807) is 0 Å². The zero-order valence-corrected chi connectivity index (χ0v) is 18.4. The molecule has 31 heavy (non-hydrogen) atoms. The van der Waals surface area contributed by atoms with E-state index in [4.69, 9.17) is 25.8 Å². The first-order valence-electron chi connectivity index (χ1n) is 10.9. The van der Waals surface area contributed by atoms with E-state index in [-0.39, 0.29) is 5.60 Å². The van der Waals surface area contributed by atoms with Crippen LogP contribution in [0.4, 0.5) is 0 Å². The van der Waals surface area contributed by atoms with Gasteiger partial charge in [0.15, 0.2) is 11.5 Å². The summed E-state index contributed by atoms with van der Waals surface area (Å²) in [7, 11) is 0. The summed E-state index contributed by atoms with van der Waals surface area (Å²) in [4.78, 5) is 2.26. The van der Waals surface area contributed by atoms with Gasteiger partial charge in [-0.15, -0.1) is 0 Å². The van der Waals surface area contributed by atoms with Crippen LogP contribution in [0.2, 0.25) is 5.02 Å². The fraction of sp³-hybridized carbons (Fsp3) is 0.500. The van der Waals surface area contributed by atoms with Crippen molar-refractivity contribution in [3.8, 4) is 17.2 Å². The van der Waals surface area contributed by atoms with Crippen molar-refractivity contribution in [3.63, 3.8) is 0 Å². The van der Waals surface area contributed by atoms with Gasteiger partial charge in [0.25, 0.3) is 0 Å². The van der Waals surface area contributed by atoms with E-state index < -0.39 is 12.2 Å². The molecule has 0 saturated carbocycles. The van der Waals surface area contributed by atoms with Gasteiger partial charge in [-0.25, -0.2) is 0 Å². The number of piperidine rings is 1. The molecule has 5 rings (SSSR count). The molecule has 0 bridgehead atoms. The first kappa shape index (κ1) is 20.9. The van der Waals surface area contributed by atoms with Gasteiger partial charge in [-0.3, -0.25) is 0 Å². The number of benzene rings is 2. The predicted octanol–water partition coefficient (Wildman–Crippen LogP) is 3.80. The SMILES string of the molecule is Cc1cc2c(cc1Cl)[C@H](O)CC1(CCN(C[C@@H](O)c3ccc4c(c3)OCCO4)CC1)O2. The maximum atomic E-state index is 10.8. The highest BCUT2D eigenvalue weighted by molar-refractivity contribution is 6.31. The van der Waals surface area contributed by atoms with Crippen LogP contribution in [-0.4, -0.2) is 53.6 Å². The quantitative estimate of drug-likeness (QED) is 0.748. The largest absolute Gasteiger partial charge is 0.487 e. The number of aliphatic hydroxyl groups excluding tert-OH is 2. The Bertz CT molecular complexity index is 973. The van der Waals surface area contributed by atoms with Crippen molar-refractivity contribution in [1.82, 2.24) is 4.90 Å². The molecule has 0 aliphatic carbocycles. The molecule has 0 aromatic heterocycles. The van der Waals surface area contributed by atoms with Crippen molar-refractivity contribution in [2.75, 3.05) is 32.8 Å². The monoisotopic (exact) mass is 445 g/mol. The molecular formula is C24H28ClNO5. The third-order valence-corrected chi connectivity index (χ3v) is 7.10. The number of nitrogens with zero attached hydrogens (tertiary/aromatic N) is 1. The highest BCUT2D eigenvalue weighted by Gasteiger charge is 2.43. The number of likely N-dealkylation sites (tertiary alicyclic amines) is 1. The molecule has 2 N–H and O–H groups in total. The maximum Gasteiger partial charge on any atom is 0.161 e. The van der Waals surface area contributed by atoms with Crippen molar-refractivity contribution in [2.45, 2.75) is 44.0 Å². The van der Waals surface area contributed by atoms with Crippen molar-refractivity contribution < 1.29 is 24.4 Å². The molecule has 0 amide bonds. The summed E-state index contributed by atoms with van der Waals surface area (Å²) < 4.78 is 17.6. The molecule has 6 nitrogen and oxygen atoms in total. The molecule has 1 fully saturated rings. The topological polar surface area (TPSA) is 71.4 Å². The number of halogens is 1. The van der Waals surface area contributed by atoms with E-state index in [0.29, 0.717) is 37.0 Å². The smallest absolute Gasteiger partial charge is 0.161 e. The minimum absolute atomic E-state index is 0.370. The third kappa shape index (κ3) is 4.10. The normalized spacial score (nSPS) is 23.2. The molecule has 0 unspecified atom stereocenters. The molecule has 166 valence electrons. The Morgan fingerprint density at radius 3 is 2.61 bits per heavy atom. The van der Waals surface area contributed by atoms with Crippen LogP contribution in [-0.2, 0) is 0 Å². The van der Waals surface area contributed by atoms with Crippen LogP contribution in [0.5, 0.6) is 17.2 Å². The Hall–Kier alpha value is -1.99. The van der Waals surface area contributed by atoms with Gasteiger partial charge in [-0.2, -0.15) is 0 Å². The van der Waals surface area contributed by atoms with E-state index in [1.165, 1.54) is 0 Å². The van der Waals surface area contributed by atoms with Crippen molar-refractivity contribution in [3.05, 3.63) is 52.0 Å². The number of hydrogen-bond donors (Lipinski definition) is 2. The second kappa shape index (κ2) is 8.17. The van der Waals surface area contributed by atoms with Crippen LogP contribution in [0.25, 0.3) is 0 Å². The lowest BCUT2D eigenvalue weighted by Gasteiger charge is -2.46. The van der Waals surface area contributed by atoms with E-state index in [0.717, 1.165) is 54.1 Å². The molecule has 1 spiro atoms. The predicted molar refractivity (Wildman–Crippen MR) is 117 cm³/mol. The fourth-order valence-electron chi connectivity index (χ4n) is 4.82. The molecule has 3 aliphatic rings. The molecule has 3 aliphatic heterocycles. The first-order chi connectivity index (χ1) is 14.9. The molecule has 3 heterocycles. The number of aryl methyl sites for hydroxylation is 1. The summed E-state index contributed by atoms with van der Waals surface area (Å²) in [5.41, 5.74) is 2.18. The van der Waals surface area contributed by atoms with Gasteiger partial charge in [0.05, 0.1) is 12.2 Å². The number of rotatable bonds is 3. The lowest BCUT2D eigenvalue weighted by Crippen LogP contribution is -2.51. The van der Waals surface area contributed by atoms with E-state index in [9.17, 15) is 10.2 Å². The number of fused-ring (bicyclic) bond motifs is 2. The zero-order chi connectivity index (χ0) is 21.6. The Morgan fingerprint density at radius 1 is 1.10 bits per heavy atom. The molecule has 2 atom stereocenters. The highest BCUT2D eigenvalue weighted by Crippen LogP contribution is 2.46. The summed E-state index contributed by atoms with van der Waals surface area (Å²) in [6.07, 6.45) is 1.00. The number of ether oxygens (including phenoxy) is 3. The Balaban J connectivity index is 1.23. The summed E-state index contributed by atoms with van der Waals surface area (Å²) in [5, 5.41) is 22.2. The van der Waals surface area contributed by atoms with Gasteiger partial charge in [0, 0.05) is 36.6 Å². The number of aliphatic hydroxyl groups is 2. The Kier molecular flexibility index (Phi) is 5.51. The zero-order valence-electron chi connectivity index (χ0n) is 17.6. The van der Waals surface area contributed by atoms with Gasteiger partial charge in [0.1, 0.15) is 24.6 Å². The minimum atomic E-state index is -0.603. The molecule has 2 aromatic rings. The second-order valence-corrected chi connectivity index (χ2v) is 9.27. The van der Waals surface area contributed by atoms with Crippen molar-refractivity contribution in [1.29, 1.82) is 0 Å². The van der Waals surface area contributed by atoms with Crippen molar-refractivity contribution >= 4 is 11.6 Å². The molecule has 0 radical (unpaired) electrons. The molecule has 1 saturated heterocycles. The van der Waals surface area contributed by atoms with E-state index >= 15 is 0 Å². The number of β-amino-alcohol motifs (C(OH)–C–C–N with tert-alkyl or cyclic N) is 1. The van der Waals surface area contributed by atoms with Crippen LogP contribution in [0.3, 0.4) is 0 Å². The summed E-state index contributed by atoms with van der Waals surface area (Å²) in [6.45, 7) is 5.18. The average Bonchev–Trinajstić information content (AvgIpc) is 2.77. The van der Waals surface area contributed by atoms with Crippen molar-refractivity contribution in [2.24, 2.45) is 0 Å². The summed E-state index contributed by atoms with van der Waals surface area (Å²) in [5.74, 6) is 2.16. The van der Waals surface area contributed by atoms with Gasteiger partial charge in [0.2, 0.25) is 0 Å². The summed E-state index contributed by atoms with van der Waals surface area (Å²) >= 11 is 6.23. The van der Waals surface area contributed by atoms with E-state index in [1.807, 2.05) is 37.3 Å². The minimum Gasteiger partial charge on any atom is -0.487 e. The summed E-state index contributed by atoms with van der Waals surface area (Å²) in [6, 6.07) is 9.38. The first-order valence-corrected chi connectivity index (χ1v) is 11.3. The molecule has 2 aromatic carbocycles. The Labute approximate surface area is 187 Å². The van der Waals surface area contributed by atoms with Gasteiger partial charge < -0.3 is 29.3 Å². The van der Waals surface area contributed by atoms with Crippen LogP contribution in [0.15, 0.2) is 30.3 Å². The maximum absolute atomic E-state index is 10.8. The highest BCUT2D eigenvalue weighted by atomic mass is 35.5. The van der Waals surface area contributed by atoms with Crippen LogP contribution in [0.1, 0.15) is 48.2 Å². The Morgan fingerprint density at radius 2 is 1.84 bits per heavy atom. The molecule has 7 heteroatoms. The lowest BCUT2D eigenvalue weighted by atomic mass is 9.81. The molecular weight excluding hydrogens is 418 g/mol. The standard InChI is InChI=1S/C24H28ClNO5/c1-15-10-22-17(12-18(15)25)19(27)13-24(31-22)4-6-26(7-5-24)14-20(28)16-2-3-21-23(11-16)30-9-8-29-21/h2-3,10-12,19-20,27-28H,4-9,13-14H2,1H3/t19-,20-/m1/s1. The number of hydrogen-bond acceptors (Lipinski definition) is 6. The van der Waals surface area contributed by atoms with Crippen LogP contribution < -0.4 is 14.2 Å². The third-order valence-electron chi connectivity index (χ3n) is 6.69. The van der Waals surface area contributed by atoms with Gasteiger partial charge >= 0.3 is 0 Å². The van der Waals surface area contributed by atoms with E-state index in [2.05, 4.69) is 4.90 Å². The fourth-order valence-corrected chi connectivity index (χ4v) is 5.00. The van der Waals surface area contributed by atoms with Crippen LogP contribution in [0, 0.1) is 6.92 Å². The second-order valence-electron chi connectivity index (χ2n) is 8.86.